The van der Waals surface area contributed by atoms with Crippen LogP contribution in [0.25, 0.3) is 0 Å². The Morgan fingerprint density at radius 2 is 1.73 bits per heavy atom. The van der Waals surface area contributed by atoms with Crippen LogP contribution in [0.15, 0.2) is 0 Å². The van der Waals surface area contributed by atoms with Gasteiger partial charge in [-0.2, -0.15) is 0 Å². The molecule has 1 unspecified atom stereocenters. The van der Waals surface area contributed by atoms with E-state index in [1.165, 1.54) is 0 Å². The molecule has 11 heavy (non-hydrogen) atoms. The summed E-state index contributed by atoms with van der Waals surface area (Å²) < 4.78 is 0. The zero-order valence-electron chi connectivity index (χ0n) is 7.59. The Morgan fingerprint density at radius 3 is 2.09 bits per heavy atom. The fourth-order valence-electron chi connectivity index (χ4n) is 1.64. The minimum Gasteiger partial charge on any atom is -0.366 e. The maximum atomic E-state index is 9.33. The van der Waals surface area contributed by atoms with Gasteiger partial charge < -0.3 is 10.2 Å². The van der Waals surface area contributed by atoms with E-state index in [4.69, 9.17) is 0 Å². The number of rotatable bonds is 0. The van der Waals surface area contributed by atoms with Crippen LogP contribution in [0, 0.1) is 11.3 Å². The molecular weight excluding hydrogens is 140 g/mol. The smallest absolute Gasteiger partial charge is 0.162 e. The van der Waals surface area contributed by atoms with Gasteiger partial charge in [0.05, 0.1) is 0 Å². The molecule has 0 radical (unpaired) electrons. The Kier molecular flexibility index (Phi) is 2.01. The van der Waals surface area contributed by atoms with Crippen molar-refractivity contribution < 1.29 is 10.2 Å². The number of aliphatic hydroxyl groups is 2. The van der Waals surface area contributed by atoms with Gasteiger partial charge in [0.1, 0.15) is 0 Å². The van der Waals surface area contributed by atoms with Gasteiger partial charge in [0.25, 0.3) is 0 Å². The van der Waals surface area contributed by atoms with E-state index in [0.717, 1.165) is 6.42 Å². The minimum atomic E-state index is -1.39. The summed E-state index contributed by atoms with van der Waals surface area (Å²) in [5.74, 6) is -0.999. The predicted octanol–water partition coefficient (Wildman–Crippen LogP) is 1.51. The van der Waals surface area contributed by atoms with E-state index in [1.54, 1.807) is 0 Å². The third kappa shape index (κ3) is 1.94. The molecular formula is C9H18O2. The maximum absolute atomic E-state index is 9.33. The summed E-state index contributed by atoms with van der Waals surface area (Å²) in [5, 5.41) is 18.7. The highest BCUT2D eigenvalue weighted by Gasteiger charge is 2.39. The summed E-state index contributed by atoms with van der Waals surface area (Å²) in [6.45, 7) is 6.46. The molecule has 0 bridgehead atoms. The topological polar surface area (TPSA) is 40.5 Å². The van der Waals surface area contributed by atoms with Crippen LogP contribution in [-0.4, -0.2) is 16.0 Å². The first-order chi connectivity index (χ1) is 4.83. The quantitative estimate of drug-likeness (QED) is 0.525. The van der Waals surface area contributed by atoms with Crippen LogP contribution in [0.3, 0.4) is 0 Å². The largest absolute Gasteiger partial charge is 0.366 e. The average molecular weight is 158 g/mol. The molecule has 0 saturated heterocycles. The summed E-state index contributed by atoms with van der Waals surface area (Å²) in [5.41, 5.74) is 0.273. The van der Waals surface area contributed by atoms with Crippen LogP contribution in [0.2, 0.25) is 0 Å². The lowest BCUT2D eigenvalue weighted by molar-refractivity contribution is -0.206. The highest BCUT2D eigenvalue weighted by molar-refractivity contribution is 4.86. The second-order valence-electron chi connectivity index (χ2n) is 4.58. The third-order valence-electron chi connectivity index (χ3n) is 3.14. The highest BCUT2D eigenvalue weighted by atomic mass is 16.5. The van der Waals surface area contributed by atoms with Gasteiger partial charge in [-0.05, 0) is 17.8 Å². The molecule has 1 saturated carbocycles. The third-order valence-corrected chi connectivity index (χ3v) is 3.14. The lowest BCUT2D eigenvalue weighted by atomic mass is 9.68. The van der Waals surface area contributed by atoms with E-state index < -0.39 is 5.79 Å². The summed E-state index contributed by atoms with van der Waals surface area (Å²) in [7, 11) is 0. The molecule has 0 aromatic carbocycles. The van der Waals surface area contributed by atoms with Crippen LogP contribution in [0.5, 0.6) is 0 Å². The molecule has 1 rings (SSSR count). The molecule has 2 heteroatoms. The molecule has 0 spiro atoms. The van der Waals surface area contributed by atoms with Gasteiger partial charge in [-0.15, -0.1) is 0 Å². The van der Waals surface area contributed by atoms with E-state index in [-0.39, 0.29) is 5.41 Å². The summed E-state index contributed by atoms with van der Waals surface area (Å²) in [6.07, 6.45) is 1.94. The average Bonchev–Trinajstić information content (AvgIpc) is 1.81. The SMILES string of the molecule is CC1CC(O)(O)CCC1(C)C. The van der Waals surface area contributed by atoms with Gasteiger partial charge in [-0.3, -0.25) is 0 Å². The number of hydrogen-bond acceptors (Lipinski definition) is 2. The second kappa shape index (κ2) is 2.46. The van der Waals surface area contributed by atoms with Crippen molar-refractivity contribution >= 4 is 0 Å². The van der Waals surface area contributed by atoms with Crippen molar-refractivity contribution in [1.29, 1.82) is 0 Å². The molecule has 2 N–H and O–H groups in total. The zero-order valence-corrected chi connectivity index (χ0v) is 7.59. The van der Waals surface area contributed by atoms with E-state index in [1.807, 2.05) is 0 Å². The lowest BCUT2D eigenvalue weighted by Gasteiger charge is -2.42. The van der Waals surface area contributed by atoms with Crippen molar-refractivity contribution in [2.45, 2.75) is 45.8 Å². The molecule has 0 amide bonds. The van der Waals surface area contributed by atoms with Crippen molar-refractivity contribution in [3.8, 4) is 0 Å². The predicted molar refractivity (Wildman–Crippen MR) is 44.0 cm³/mol. The van der Waals surface area contributed by atoms with Crippen LogP contribution >= 0.6 is 0 Å². The molecule has 0 aromatic rings. The molecule has 1 aliphatic carbocycles. The normalized spacial score (nSPS) is 35.2. The van der Waals surface area contributed by atoms with Gasteiger partial charge in [0.15, 0.2) is 5.79 Å². The van der Waals surface area contributed by atoms with E-state index >= 15 is 0 Å². The summed E-state index contributed by atoms with van der Waals surface area (Å²) >= 11 is 0. The Bertz CT molecular complexity index is 150. The van der Waals surface area contributed by atoms with Crippen molar-refractivity contribution in [3.05, 3.63) is 0 Å². The van der Waals surface area contributed by atoms with Gasteiger partial charge in [0, 0.05) is 12.8 Å². The van der Waals surface area contributed by atoms with Gasteiger partial charge in [0.2, 0.25) is 0 Å². The lowest BCUT2D eigenvalue weighted by Crippen LogP contribution is -2.41. The van der Waals surface area contributed by atoms with E-state index in [0.29, 0.717) is 18.8 Å². The van der Waals surface area contributed by atoms with Gasteiger partial charge in [-0.25, -0.2) is 0 Å². The molecule has 1 fully saturated rings. The molecule has 0 aliphatic heterocycles. The first-order valence-corrected chi connectivity index (χ1v) is 4.28. The Hall–Kier alpha value is -0.0800. The van der Waals surface area contributed by atoms with Crippen LogP contribution in [0.1, 0.15) is 40.0 Å². The number of hydrogen-bond donors (Lipinski definition) is 2. The van der Waals surface area contributed by atoms with Gasteiger partial charge >= 0.3 is 0 Å². The first-order valence-electron chi connectivity index (χ1n) is 4.28. The van der Waals surface area contributed by atoms with Crippen molar-refractivity contribution in [2.24, 2.45) is 11.3 Å². The van der Waals surface area contributed by atoms with Crippen LogP contribution < -0.4 is 0 Å². The fraction of sp³-hybridized carbons (Fsp3) is 1.00. The van der Waals surface area contributed by atoms with E-state index in [2.05, 4.69) is 20.8 Å². The molecule has 2 nitrogen and oxygen atoms in total. The molecule has 1 atom stereocenters. The maximum Gasteiger partial charge on any atom is 0.162 e. The van der Waals surface area contributed by atoms with Crippen molar-refractivity contribution in [3.63, 3.8) is 0 Å². The second-order valence-corrected chi connectivity index (χ2v) is 4.58. The van der Waals surface area contributed by atoms with Gasteiger partial charge in [-0.1, -0.05) is 20.8 Å². The van der Waals surface area contributed by atoms with Crippen LogP contribution in [-0.2, 0) is 0 Å². The highest BCUT2D eigenvalue weighted by Crippen LogP contribution is 2.43. The van der Waals surface area contributed by atoms with Crippen LogP contribution in [0.4, 0.5) is 0 Å². The fourth-order valence-corrected chi connectivity index (χ4v) is 1.64. The first kappa shape index (κ1) is 9.01. The standard InChI is InChI=1S/C9H18O2/c1-7-6-9(10,11)5-4-8(7,2)3/h7,10-11H,4-6H2,1-3H3. The molecule has 1 aliphatic rings. The Morgan fingerprint density at radius 1 is 1.18 bits per heavy atom. The van der Waals surface area contributed by atoms with E-state index in [9.17, 15) is 10.2 Å². The van der Waals surface area contributed by atoms with Crippen molar-refractivity contribution in [2.75, 3.05) is 0 Å². The zero-order chi connectivity index (χ0) is 8.70. The monoisotopic (exact) mass is 158 g/mol. The van der Waals surface area contributed by atoms with Crippen molar-refractivity contribution in [1.82, 2.24) is 0 Å². The Labute approximate surface area is 68.2 Å². The Balaban J connectivity index is 2.63. The molecule has 0 heterocycles. The minimum absolute atomic E-state index is 0.273. The molecule has 0 aromatic heterocycles. The summed E-state index contributed by atoms with van der Waals surface area (Å²) in [4.78, 5) is 0. The summed E-state index contributed by atoms with van der Waals surface area (Å²) in [6, 6.07) is 0. The molecule has 66 valence electrons.